The number of nitrogens with one attached hydrogen (secondary N) is 1. The predicted molar refractivity (Wildman–Crippen MR) is 111 cm³/mol. The molecular weight excluding hydrogens is 352 g/mol. The summed E-state index contributed by atoms with van der Waals surface area (Å²) in [6.07, 6.45) is 0.200. The standard InChI is InChI=1S/C23H22N2O3/c1-2-28-21-13-6-5-11-19(21)24-23(27)17-14-22(26)25(15-17)20-12-7-9-16-8-3-4-10-18(16)20/h3-13,17H,2,14-15H2,1H3,(H,24,27). The SMILES string of the molecule is CCOc1ccccc1NC(=O)C1CC(=O)N(c2cccc3ccccc23)C1. The molecular formula is C23H22N2O3. The minimum Gasteiger partial charge on any atom is -0.492 e. The van der Waals surface area contributed by atoms with Crippen molar-refractivity contribution in [2.24, 2.45) is 5.92 Å². The van der Waals surface area contributed by atoms with Gasteiger partial charge in [-0.15, -0.1) is 0 Å². The molecule has 0 saturated carbocycles. The molecule has 28 heavy (non-hydrogen) atoms. The van der Waals surface area contributed by atoms with Crippen LogP contribution in [0.3, 0.4) is 0 Å². The number of amides is 2. The van der Waals surface area contributed by atoms with Gasteiger partial charge >= 0.3 is 0 Å². The van der Waals surface area contributed by atoms with E-state index in [1.165, 1.54) is 0 Å². The Hall–Kier alpha value is -3.34. The molecule has 1 atom stereocenters. The highest BCUT2D eigenvalue weighted by atomic mass is 16.5. The van der Waals surface area contributed by atoms with Crippen LogP contribution in [0.5, 0.6) is 5.75 Å². The van der Waals surface area contributed by atoms with Gasteiger partial charge in [-0.2, -0.15) is 0 Å². The van der Waals surface area contributed by atoms with Crippen molar-refractivity contribution in [3.63, 3.8) is 0 Å². The lowest BCUT2D eigenvalue weighted by Gasteiger charge is -2.19. The Bertz CT molecular complexity index is 1030. The van der Waals surface area contributed by atoms with Gasteiger partial charge in [-0.05, 0) is 30.5 Å². The Morgan fingerprint density at radius 3 is 2.68 bits per heavy atom. The molecule has 5 heteroatoms. The van der Waals surface area contributed by atoms with Crippen LogP contribution in [0.2, 0.25) is 0 Å². The van der Waals surface area contributed by atoms with Gasteiger partial charge in [0.1, 0.15) is 5.75 Å². The van der Waals surface area contributed by atoms with Crippen LogP contribution in [0.1, 0.15) is 13.3 Å². The topological polar surface area (TPSA) is 58.6 Å². The average Bonchev–Trinajstić information content (AvgIpc) is 3.11. The molecule has 5 nitrogen and oxygen atoms in total. The second-order valence-corrected chi connectivity index (χ2v) is 6.82. The molecule has 142 valence electrons. The summed E-state index contributed by atoms with van der Waals surface area (Å²) < 4.78 is 5.57. The van der Waals surface area contributed by atoms with E-state index in [1.54, 1.807) is 4.90 Å². The molecule has 0 spiro atoms. The number of anilines is 2. The van der Waals surface area contributed by atoms with Gasteiger partial charge in [0.2, 0.25) is 11.8 Å². The number of fused-ring (bicyclic) bond motifs is 1. The fraction of sp³-hybridized carbons (Fsp3) is 0.217. The molecule has 0 aliphatic carbocycles. The van der Waals surface area contributed by atoms with Crippen LogP contribution < -0.4 is 15.0 Å². The largest absolute Gasteiger partial charge is 0.492 e. The molecule has 1 aliphatic heterocycles. The van der Waals surface area contributed by atoms with Crippen molar-refractivity contribution in [3.05, 3.63) is 66.7 Å². The van der Waals surface area contributed by atoms with Crippen molar-refractivity contribution in [2.45, 2.75) is 13.3 Å². The van der Waals surface area contributed by atoms with Gasteiger partial charge in [0.15, 0.2) is 0 Å². The maximum absolute atomic E-state index is 12.8. The van der Waals surface area contributed by atoms with E-state index in [1.807, 2.05) is 73.7 Å². The Labute approximate surface area is 163 Å². The van der Waals surface area contributed by atoms with Crippen molar-refractivity contribution in [2.75, 3.05) is 23.4 Å². The molecule has 0 aromatic heterocycles. The average molecular weight is 374 g/mol. The van der Waals surface area contributed by atoms with Gasteiger partial charge in [-0.1, -0.05) is 48.5 Å². The number of rotatable bonds is 5. The quantitative estimate of drug-likeness (QED) is 0.727. The summed E-state index contributed by atoms with van der Waals surface area (Å²) in [4.78, 5) is 27.2. The Balaban J connectivity index is 1.54. The molecule has 0 radical (unpaired) electrons. The first-order chi connectivity index (χ1) is 13.7. The van der Waals surface area contributed by atoms with Gasteiger partial charge in [0.25, 0.3) is 0 Å². The van der Waals surface area contributed by atoms with E-state index < -0.39 is 5.92 Å². The van der Waals surface area contributed by atoms with Gasteiger partial charge in [0, 0.05) is 18.4 Å². The van der Waals surface area contributed by atoms with Crippen molar-refractivity contribution in [1.82, 2.24) is 0 Å². The lowest BCUT2D eigenvalue weighted by Crippen LogP contribution is -2.28. The molecule has 1 aliphatic rings. The first-order valence-corrected chi connectivity index (χ1v) is 9.48. The summed E-state index contributed by atoms with van der Waals surface area (Å²) in [5.74, 6) is 0.0348. The number of carbonyl (C=O) groups excluding carboxylic acids is 2. The molecule has 1 unspecified atom stereocenters. The van der Waals surface area contributed by atoms with E-state index >= 15 is 0 Å². The molecule has 4 rings (SSSR count). The van der Waals surface area contributed by atoms with Crippen molar-refractivity contribution in [3.8, 4) is 5.75 Å². The van der Waals surface area contributed by atoms with E-state index in [2.05, 4.69) is 5.32 Å². The van der Waals surface area contributed by atoms with Gasteiger partial charge in [-0.3, -0.25) is 9.59 Å². The number of para-hydroxylation sites is 2. The third kappa shape index (κ3) is 3.43. The first-order valence-electron chi connectivity index (χ1n) is 9.48. The van der Waals surface area contributed by atoms with Gasteiger partial charge in [-0.25, -0.2) is 0 Å². The zero-order chi connectivity index (χ0) is 19.5. The number of hydrogen-bond acceptors (Lipinski definition) is 3. The van der Waals surface area contributed by atoms with Crippen LogP contribution in [0.4, 0.5) is 11.4 Å². The van der Waals surface area contributed by atoms with E-state index in [0.29, 0.717) is 24.6 Å². The van der Waals surface area contributed by atoms with E-state index in [-0.39, 0.29) is 18.2 Å². The first kappa shape index (κ1) is 18.0. The maximum atomic E-state index is 12.8. The molecule has 2 amide bonds. The zero-order valence-corrected chi connectivity index (χ0v) is 15.7. The summed E-state index contributed by atoms with van der Waals surface area (Å²) in [6, 6.07) is 21.2. The van der Waals surface area contributed by atoms with Crippen LogP contribution in [-0.2, 0) is 9.59 Å². The minimum atomic E-state index is -0.402. The highest BCUT2D eigenvalue weighted by molar-refractivity contribution is 6.08. The van der Waals surface area contributed by atoms with Gasteiger partial charge in [0.05, 0.1) is 23.9 Å². The second-order valence-electron chi connectivity index (χ2n) is 6.82. The monoisotopic (exact) mass is 374 g/mol. The summed E-state index contributed by atoms with van der Waals surface area (Å²) in [7, 11) is 0. The fourth-order valence-corrected chi connectivity index (χ4v) is 3.65. The lowest BCUT2D eigenvalue weighted by atomic mass is 10.1. The molecule has 1 fully saturated rings. The number of ether oxygens (including phenoxy) is 1. The summed E-state index contributed by atoms with van der Waals surface area (Å²) in [5.41, 5.74) is 1.48. The summed E-state index contributed by atoms with van der Waals surface area (Å²) in [5, 5.41) is 5.01. The van der Waals surface area contributed by atoms with E-state index in [0.717, 1.165) is 16.5 Å². The number of nitrogens with zero attached hydrogens (tertiary/aromatic N) is 1. The molecule has 0 bridgehead atoms. The van der Waals surface area contributed by atoms with Crippen LogP contribution >= 0.6 is 0 Å². The highest BCUT2D eigenvalue weighted by Crippen LogP contribution is 2.32. The molecule has 1 N–H and O–H groups in total. The van der Waals surface area contributed by atoms with Crippen LogP contribution in [0.25, 0.3) is 10.8 Å². The van der Waals surface area contributed by atoms with Crippen molar-refractivity contribution in [1.29, 1.82) is 0 Å². The molecule has 3 aromatic rings. The van der Waals surface area contributed by atoms with E-state index in [4.69, 9.17) is 4.74 Å². The van der Waals surface area contributed by atoms with Crippen LogP contribution in [0.15, 0.2) is 66.7 Å². The third-order valence-electron chi connectivity index (χ3n) is 5.00. The third-order valence-corrected chi connectivity index (χ3v) is 5.00. The number of hydrogen-bond donors (Lipinski definition) is 1. The molecule has 1 heterocycles. The van der Waals surface area contributed by atoms with Gasteiger partial charge < -0.3 is 15.0 Å². The Morgan fingerprint density at radius 1 is 1.07 bits per heavy atom. The zero-order valence-electron chi connectivity index (χ0n) is 15.7. The molecule has 3 aromatic carbocycles. The lowest BCUT2D eigenvalue weighted by molar-refractivity contribution is -0.122. The summed E-state index contributed by atoms with van der Waals surface area (Å²) >= 11 is 0. The second kappa shape index (κ2) is 7.72. The van der Waals surface area contributed by atoms with Crippen LogP contribution in [0, 0.1) is 5.92 Å². The highest BCUT2D eigenvalue weighted by Gasteiger charge is 2.36. The van der Waals surface area contributed by atoms with Crippen molar-refractivity contribution < 1.29 is 14.3 Å². The van der Waals surface area contributed by atoms with E-state index in [9.17, 15) is 9.59 Å². The number of carbonyl (C=O) groups is 2. The molecule has 1 saturated heterocycles. The van der Waals surface area contributed by atoms with Crippen molar-refractivity contribution >= 4 is 34.0 Å². The Kier molecular flexibility index (Phi) is 4.98. The minimum absolute atomic E-state index is 0.0328. The maximum Gasteiger partial charge on any atom is 0.229 e. The Morgan fingerprint density at radius 2 is 1.82 bits per heavy atom. The number of benzene rings is 3. The predicted octanol–water partition coefficient (Wildman–Crippen LogP) is 4.23. The smallest absolute Gasteiger partial charge is 0.229 e. The normalized spacial score (nSPS) is 16.4. The summed E-state index contributed by atoms with van der Waals surface area (Å²) in [6.45, 7) is 2.79. The fourth-order valence-electron chi connectivity index (χ4n) is 3.65. The van der Waals surface area contributed by atoms with Crippen LogP contribution in [-0.4, -0.2) is 25.0 Å².